The van der Waals surface area contributed by atoms with Crippen molar-refractivity contribution in [1.29, 1.82) is 0 Å². The molecule has 0 bridgehead atoms. The second kappa shape index (κ2) is 8.58. The Morgan fingerprint density at radius 1 is 0.969 bits per heavy atom. The summed E-state index contributed by atoms with van der Waals surface area (Å²) >= 11 is 0. The molecule has 1 saturated heterocycles. The van der Waals surface area contributed by atoms with E-state index in [-0.39, 0.29) is 6.03 Å². The summed E-state index contributed by atoms with van der Waals surface area (Å²) < 4.78 is 5.80. The molecule has 0 saturated carbocycles. The number of hydrogen-bond acceptors (Lipinski definition) is 5. The number of ether oxygens (including phenoxy) is 1. The number of benzene rings is 2. The second-order valence-corrected chi connectivity index (χ2v) is 7.71. The van der Waals surface area contributed by atoms with Gasteiger partial charge in [0.1, 0.15) is 11.6 Å². The number of H-pyrrole nitrogens is 1. The number of fused-ring (bicyclic) bond motifs is 1. The van der Waals surface area contributed by atoms with Crippen molar-refractivity contribution >= 4 is 28.3 Å². The average Bonchev–Trinajstić information content (AvgIpc) is 3.24. The Morgan fingerprint density at radius 3 is 2.44 bits per heavy atom. The van der Waals surface area contributed by atoms with Crippen molar-refractivity contribution < 1.29 is 9.53 Å². The van der Waals surface area contributed by atoms with E-state index in [1.54, 1.807) is 12.4 Å². The zero-order valence-electron chi connectivity index (χ0n) is 17.8. The number of para-hydroxylation sites is 1. The number of aryl methyl sites for hydroxylation is 1. The van der Waals surface area contributed by atoms with Crippen LogP contribution in [0.15, 0.2) is 67.1 Å². The van der Waals surface area contributed by atoms with Crippen LogP contribution >= 0.6 is 0 Å². The predicted molar refractivity (Wildman–Crippen MR) is 124 cm³/mol. The maximum atomic E-state index is 12.7. The van der Waals surface area contributed by atoms with Gasteiger partial charge in [-0.2, -0.15) is 0 Å². The van der Waals surface area contributed by atoms with Gasteiger partial charge in [0.25, 0.3) is 0 Å². The molecule has 1 aliphatic heterocycles. The van der Waals surface area contributed by atoms with E-state index >= 15 is 0 Å². The molecule has 0 spiro atoms. The third-order valence-electron chi connectivity index (χ3n) is 5.59. The fourth-order valence-corrected chi connectivity index (χ4v) is 3.83. The molecule has 3 heterocycles. The molecule has 5 rings (SSSR count). The lowest BCUT2D eigenvalue weighted by Gasteiger charge is -2.36. The fraction of sp³-hybridized carbons (Fsp3) is 0.208. The van der Waals surface area contributed by atoms with Crippen molar-refractivity contribution in [2.75, 3.05) is 36.4 Å². The van der Waals surface area contributed by atoms with Crippen LogP contribution < -0.4 is 15.0 Å². The Morgan fingerprint density at radius 2 is 1.69 bits per heavy atom. The van der Waals surface area contributed by atoms with Crippen molar-refractivity contribution in [3.8, 4) is 11.5 Å². The monoisotopic (exact) mass is 428 g/mol. The number of nitrogens with one attached hydrogen (secondary N) is 2. The molecule has 8 nitrogen and oxygen atoms in total. The molecule has 0 aliphatic carbocycles. The van der Waals surface area contributed by atoms with Gasteiger partial charge in [-0.3, -0.25) is 0 Å². The van der Waals surface area contributed by atoms with Gasteiger partial charge < -0.3 is 24.8 Å². The largest absolute Gasteiger partial charge is 0.454 e. The number of aromatic amines is 1. The lowest BCUT2D eigenvalue weighted by Crippen LogP contribution is -2.50. The molecule has 1 fully saturated rings. The van der Waals surface area contributed by atoms with Gasteiger partial charge in [-0.25, -0.2) is 14.8 Å². The Balaban J connectivity index is 1.16. The van der Waals surface area contributed by atoms with Crippen LogP contribution in [0.1, 0.15) is 5.82 Å². The average molecular weight is 428 g/mol. The first-order valence-electron chi connectivity index (χ1n) is 10.6. The lowest BCUT2D eigenvalue weighted by atomic mass is 10.2. The third-order valence-corrected chi connectivity index (χ3v) is 5.59. The number of carbonyl (C=O) groups excluding carboxylic acids is 1. The van der Waals surface area contributed by atoms with Crippen LogP contribution in [0.3, 0.4) is 0 Å². The van der Waals surface area contributed by atoms with Crippen molar-refractivity contribution in [1.82, 2.24) is 19.9 Å². The van der Waals surface area contributed by atoms with Crippen molar-refractivity contribution in [3.05, 3.63) is 72.9 Å². The van der Waals surface area contributed by atoms with Gasteiger partial charge in [0, 0.05) is 49.0 Å². The van der Waals surface area contributed by atoms with Gasteiger partial charge in [0.2, 0.25) is 0 Å². The molecule has 0 atom stereocenters. The number of aromatic nitrogens is 3. The summed E-state index contributed by atoms with van der Waals surface area (Å²) in [4.78, 5) is 28.3. The molecule has 0 unspecified atom stereocenters. The van der Waals surface area contributed by atoms with Crippen LogP contribution in [0.4, 0.5) is 16.2 Å². The van der Waals surface area contributed by atoms with E-state index in [1.165, 1.54) is 0 Å². The van der Waals surface area contributed by atoms with Gasteiger partial charge in [0.05, 0.1) is 18.1 Å². The summed E-state index contributed by atoms with van der Waals surface area (Å²) in [5.74, 6) is 2.05. The second-order valence-electron chi connectivity index (χ2n) is 7.71. The normalized spacial score (nSPS) is 13.9. The Bertz CT molecular complexity index is 1210. The number of urea groups is 1. The SMILES string of the molecule is Cc1ncc(Oc2ccc(N3CCN(C(=O)Nc4c[nH]c5ccccc45)CC3)cc2)cn1. The molecular weight excluding hydrogens is 404 g/mol. The molecule has 8 heteroatoms. The first kappa shape index (κ1) is 19.9. The number of anilines is 2. The number of nitrogens with zero attached hydrogens (tertiary/aromatic N) is 4. The molecule has 2 aromatic carbocycles. The molecule has 4 aromatic rings. The smallest absolute Gasteiger partial charge is 0.322 e. The van der Waals surface area contributed by atoms with Crippen LogP contribution in [0.25, 0.3) is 10.9 Å². The highest BCUT2D eigenvalue weighted by Crippen LogP contribution is 2.25. The first-order valence-corrected chi connectivity index (χ1v) is 10.6. The maximum absolute atomic E-state index is 12.7. The van der Waals surface area contributed by atoms with Crippen LogP contribution in [0.5, 0.6) is 11.5 Å². The van der Waals surface area contributed by atoms with E-state index in [4.69, 9.17) is 4.74 Å². The number of rotatable bonds is 4. The van der Waals surface area contributed by atoms with Crippen LogP contribution in [-0.4, -0.2) is 52.1 Å². The van der Waals surface area contributed by atoms with Crippen molar-refractivity contribution in [3.63, 3.8) is 0 Å². The van der Waals surface area contributed by atoms with E-state index in [1.807, 2.05) is 66.6 Å². The topological polar surface area (TPSA) is 86.4 Å². The highest BCUT2D eigenvalue weighted by Gasteiger charge is 2.22. The van der Waals surface area contributed by atoms with E-state index in [2.05, 4.69) is 25.2 Å². The lowest BCUT2D eigenvalue weighted by molar-refractivity contribution is 0.208. The zero-order valence-corrected chi connectivity index (χ0v) is 17.8. The molecule has 32 heavy (non-hydrogen) atoms. The van der Waals surface area contributed by atoms with Crippen LogP contribution in [-0.2, 0) is 0 Å². The summed E-state index contributed by atoms with van der Waals surface area (Å²) in [6.07, 6.45) is 5.17. The quantitative estimate of drug-likeness (QED) is 0.503. The minimum atomic E-state index is -0.0709. The van der Waals surface area contributed by atoms with Gasteiger partial charge >= 0.3 is 6.03 Å². The number of hydrogen-bond donors (Lipinski definition) is 2. The highest BCUT2D eigenvalue weighted by molar-refractivity contribution is 6.01. The predicted octanol–water partition coefficient (Wildman–Crippen LogP) is 4.41. The van der Waals surface area contributed by atoms with Crippen molar-refractivity contribution in [2.45, 2.75) is 6.92 Å². The van der Waals surface area contributed by atoms with E-state index in [0.29, 0.717) is 24.7 Å². The fourth-order valence-electron chi connectivity index (χ4n) is 3.83. The summed E-state index contributed by atoms with van der Waals surface area (Å²) in [6, 6.07) is 15.8. The summed E-state index contributed by atoms with van der Waals surface area (Å²) in [7, 11) is 0. The minimum absolute atomic E-state index is 0.0709. The number of amides is 2. The zero-order chi connectivity index (χ0) is 21.9. The molecular formula is C24H24N6O2. The first-order chi connectivity index (χ1) is 15.7. The maximum Gasteiger partial charge on any atom is 0.322 e. The summed E-state index contributed by atoms with van der Waals surface area (Å²) in [5.41, 5.74) is 2.92. The van der Waals surface area contributed by atoms with E-state index in [0.717, 1.165) is 41.1 Å². The minimum Gasteiger partial charge on any atom is -0.454 e. The van der Waals surface area contributed by atoms with Crippen molar-refractivity contribution in [2.24, 2.45) is 0 Å². The van der Waals surface area contributed by atoms with Gasteiger partial charge in [-0.15, -0.1) is 0 Å². The molecule has 2 amide bonds. The highest BCUT2D eigenvalue weighted by atomic mass is 16.5. The van der Waals surface area contributed by atoms with Gasteiger partial charge in [-0.1, -0.05) is 18.2 Å². The third kappa shape index (κ3) is 4.20. The van der Waals surface area contributed by atoms with Crippen LogP contribution in [0.2, 0.25) is 0 Å². The molecule has 2 aromatic heterocycles. The molecule has 162 valence electrons. The Labute approximate surface area is 185 Å². The molecule has 1 aliphatic rings. The summed E-state index contributed by atoms with van der Waals surface area (Å²) in [6.45, 7) is 4.70. The van der Waals surface area contributed by atoms with E-state index in [9.17, 15) is 4.79 Å². The van der Waals surface area contributed by atoms with Crippen LogP contribution in [0, 0.1) is 6.92 Å². The molecule has 2 N–H and O–H groups in total. The van der Waals surface area contributed by atoms with E-state index < -0.39 is 0 Å². The summed E-state index contributed by atoms with van der Waals surface area (Å²) in [5, 5.41) is 4.05. The number of carbonyl (C=O) groups is 1. The van der Waals surface area contributed by atoms with Gasteiger partial charge in [0.15, 0.2) is 5.75 Å². The standard InChI is InChI=1S/C24H24N6O2/c1-17-25-14-20(15-26-17)32-19-8-6-18(7-9-19)29-10-12-30(13-11-29)24(31)28-23-16-27-22-5-3-2-4-21(22)23/h2-9,14-16,27H,10-13H2,1H3,(H,28,31). The van der Waals surface area contributed by atoms with Gasteiger partial charge in [-0.05, 0) is 37.3 Å². The number of piperazine rings is 1. The Hall–Kier alpha value is -4.07. The Kier molecular flexibility index (Phi) is 5.33. The molecule has 0 radical (unpaired) electrons.